The third kappa shape index (κ3) is 8.39. The highest BCUT2D eigenvalue weighted by molar-refractivity contribution is 6.22. The second-order valence-electron chi connectivity index (χ2n) is 15.5. The van der Waals surface area contributed by atoms with E-state index in [0.29, 0.717) is 51.4 Å². The molecule has 0 aromatic heterocycles. The minimum absolute atomic E-state index is 0.107. The Morgan fingerprint density at radius 1 is 0.558 bits per heavy atom. The Labute approximate surface area is 300 Å². The van der Waals surface area contributed by atoms with Gasteiger partial charge in [-0.3, -0.25) is 38.8 Å². The molecule has 0 unspecified atom stereocenters. The molecule has 52 heavy (non-hydrogen) atoms. The van der Waals surface area contributed by atoms with Gasteiger partial charge in [0.1, 0.15) is 22.8 Å². The van der Waals surface area contributed by atoms with Crippen LogP contribution in [0.1, 0.15) is 134 Å². The van der Waals surface area contributed by atoms with Gasteiger partial charge in [-0.1, -0.05) is 12.1 Å². The van der Waals surface area contributed by atoms with Crippen LogP contribution in [-0.4, -0.2) is 68.7 Å². The second-order valence-corrected chi connectivity index (χ2v) is 15.5. The standard InChI is InChI=1S/2C19H22FNO5/c2*1-19(2,3)26-25-18(24)11-7-9-12(10-8-11)21-16(22)13-5-4-6-14(20)15(13)17(21)23/h2*4-6,11-12H,7-10H2,1-3H3. The van der Waals surface area contributed by atoms with Gasteiger partial charge in [0, 0.05) is 12.1 Å². The molecule has 0 spiro atoms. The monoisotopic (exact) mass is 726 g/mol. The van der Waals surface area contributed by atoms with Gasteiger partial charge in [0.05, 0.1) is 34.1 Å². The number of benzene rings is 2. The molecule has 0 radical (unpaired) electrons. The van der Waals surface area contributed by atoms with Crippen molar-refractivity contribution in [3.8, 4) is 0 Å². The molecule has 6 rings (SSSR count). The predicted molar refractivity (Wildman–Crippen MR) is 179 cm³/mol. The first-order chi connectivity index (χ1) is 24.4. The van der Waals surface area contributed by atoms with Crippen LogP contribution in [0.5, 0.6) is 0 Å². The summed E-state index contributed by atoms with van der Waals surface area (Å²) >= 11 is 0. The number of hydrogen-bond donors (Lipinski definition) is 0. The van der Waals surface area contributed by atoms with Crippen molar-refractivity contribution in [3.63, 3.8) is 0 Å². The van der Waals surface area contributed by atoms with E-state index in [1.165, 1.54) is 36.4 Å². The maximum atomic E-state index is 13.9. The first-order valence-electron chi connectivity index (χ1n) is 17.5. The average molecular weight is 727 g/mol. The highest BCUT2D eigenvalue weighted by Crippen LogP contribution is 2.36. The Kier molecular flexibility index (Phi) is 11.3. The zero-order chi connectivity index (χ0) is 38.1. The number of nitrogens with zero attached hydrogens (tertiary/aromatic N) is 2. The van der Waals surface area contributed by atoms with Gasteiger partial charge in [0.2, 0.25) is 0 Å². The summed E-state index contributed by atoms with van der Waals surface area (Å²) in [5.41, 5.74) is -1.27. The molecule has 14 heteroatoms. The van der Waals surface area contributed by atoms with Crippen LogP contribution in [0.25, 0.3) is 0 Å². The van der Waals surface area contributed by atoms with E-state index in [4.69, 9.17) is 19.6 Å². The normalized spacial score (nSPS) is 23.2. The lowest BCUT2D eigenvalue weighted by Crippen LogP contribution is -2.43. The average Bonchev–Trinajstić information content (AvgIpc) is 3.51. The summed E-state index contributed by atoms with van der Waals surface area (Å²) in [6, 6.07) is 7.45. The lowest BCUT2D eigenvalue weighted by molar-refractivity contribution is -0.323. The molecule has 2 aromatic rings. The lowest BCUT2D eigenvalue weighted by Gasteiger charge is -2.32. The quantitative estimate of drug-likeness (QED) is 0.184. The van der Waals surface area contributed by atoms with E-state index in [1.54, 1.807) is 41.5 Å². The molecule has 0 saturated heterocycles. The van der Waals surface area contributed by atoms with E-state index in [2.05, 4.69) is 0 Å². The maximum Gasteiger partial charge on any atom is 0.345 e. The number of rotatable bonds is 6. The number of hydrogen-bond acceptors (Lipinski definition) is 10. The SMILES string of the molecule is CC(C)(C)OOC(=O)C1CCC(N2C(=O)c3cccc(F)c3C2=O)CC1.CC(C)(C)OOC(=O)C1CCC(N2C(=O)c3cccc(F)c3C2=O)CC1. The fourth-order valence-electron chi connectivity index (χ4n) is 6.80. The van der Waals surface area contributed by atoms with Gasteiger partial charge in [-0.05, 0) is 117 Å². The molecular formula is C38H44F2N2O10. The van der Waals surface area contributed by atoms with Gasteiger partial charge < -0.3 is 0 Å². The van der Waals surface area contributed by atoms with Crippen LogP contribution in [0.2, 0.25) is 0 Å². The molecule has 0 bridgehead atoms. The summed E-state index contributed by atoms with van der Waals surface area (Å²) in [5, 5.41) is 0. The van der Waals surface area contributed by atoms with Gasteiger partial charge in [0.15, 0.2) is 0 Å². The first kappa shape index (κ1) is 38.7. The van der Waals surface area contributed by atoms with Crippen molar-refractivity contribution in [2.75, 3.05) is 0 Å². The van der Waals surface area contributed by atoms with Crippen LogP contribution in [0.4, 0.5) is 8.78 Å². The molecule has 4 amide bonds. The zero-order valence-corrected chi connectivity index (χ0v) is 30.2. The summed E-state index contributed by atoms with van der Waals surface area (Å²) in [4.78, 5) is 96.3. The molecule has 0 atom stereocenters. The topological polar surface area (TPSA) is 146 Å². The van der Waals surface area contributed by atoms with Gasteiger partial charge in [0.25, 0.3) is 23.6 Å². The fraction of sp³-hybridized carbons (Fsp3) is 0.526. The van der Waals surface area contributed by atoms with Gasteiger partial charge in [-0.15, -0.1) is 0 Å². The van der Waals surface area contributed by atoms with E-state index < -0.39 is 58.4 Å². The Balaban J connectivity index is 0.000000201. The summed E-state index contributed by atoms with van der Waals surface area (Å²) < 4.78 is 27.9. The van der Waals surface area contributed by atoms with Gasteiger partial charge >= 0.3 is 11.9 Å². The van der Waals surface area contributed by atoms with Crippen LogP contribution in [0, 0.1) is 23.5 Å². The minimum atomic E-state index is -0.681. The van der Waals surface area contributed by atoms with E-state index >= 15 is 0 Å². The third-order valence-electron chi connectivity index (χ3n) is 9.33. The fourth-order valence-corrected chi connectivity index (χ4v) is 6.80. The lowest BCUT2D eigenvalue weighted by atomic mass is 9.85. The van der Waals surface area contributed by atoms with Crippen molar-refractivity contribution >= 4 is 35.6 Å². The molecule has 2 heterocycles. The predicted octanol–water partition coefficient (Wildman–Crippen LogP) is 6.51. The first-order valence-corrected chi connectivity index (χ1v) is 17.5. The maximum absolute atomic E-state index is 13.9. The highest BCUT2D eigenvalue weighted by Gasteiger charge is 2.45. The molecular weight excluding hydrogens is 682 g/mol. The smallest absolute Gasteiger partial charge is 0.298 e. The number of imide groups is 2. The molecule has 2 aliphatic carbocycles. The number of carbonyl (C=O) groups is 6. The zero-order valence-electron chi connectivity index (χ0n) is 30.2. The van der Waals surface area contributed by atoms with Crippen molar-refractivity contribution in [3.05, 3.63) is 70.3 Å². The number of halogens is 2. The molecule has 2 aliphatic heterocycles. The molecule has 2 fully saturated rings. The van der Waals surface area contributed by atoms with E-state index in [9.17, 15) is 37.5 Å². The molecule has 2 aromatic carbocycles. The summed E-state index contributed by atoms with van der Waals surface area (Å²) in [6.45, 7) is 10.7. The van der Waals surface area contributed by atoms with Crippen LogP contribution in [0.15, 0.2) is 36.4 Å². The number of amides is 4. The van der Waals surface area contributed by atoms with Crippen molar-refractivity contribution in [2.24, 2.45) is 11.8 Å². The van der Waals surface area contributed by atoms with E-state index in [1.807, 2.05) is 0 Å². The third-order valence-corrected chi connectivity index (χ3v) is 9.33. The van der Waals surface area contributed by atoms with Crippen LogP contribution in [-0.2, 0) is 29.1 Å². The Hall–Kier alpha value is -4.56. The van der Waals surface area contributed by atoms with Gasteiger partial charge in [-0.25, -0.2) is 18.4 Å². The van der Waals surface area contributed by atoms with Crippen molar-refractivity contribution in [2.45, 2.75) is 116 Å². The van der Waals surface area contributed by atoms with Crippen molar-refractivity contribution < 1.29 is 57.1 Å². The molecule has 2 saturated carbocycles. The molecule has 0 N–H and O–H groups in total. The van der Waals surface area contributed by atoms with Crippen LogP contribution in [0.3, 0.4) is 0 Å². The minimum Gasteiger partial charge on any atom is -0.298 e. The van der Waals surface area contributed by atoms with Gasteiger partial charge in [-0.2, -0.15) is 9.78 Å². The van der Waals surface area contributed by atoms with Crippen molar-refractivity contribution in [1.29, 1.82) is 0 Å². The Morgan fingerprint density at radius 3 is 1.17 bits per heavy atom. The largest absolute Gasteiger partial charge is 0.345 e. The Morgan fingerprint density at radius 2 is 0.885 bits per heavy atom. The number of fused-ring (bicyclic) bond motifs is 2. The molecule has 280 valence electrons. The Bertz CT molecular complexity index is 1620. The second kappa shape index (κ2) is 15.2. The van der Waals surface area contributed by atoms with Crippen molar-refractivity contribution in [1.82, 2.24) is 9.80 Å². The number of carbonyl (C=O) groups excluding carboxylic acids is 6. The van der Waals surface area contributed by atoms with E-state index in [0.717, 1.165) is 9.80 Å². The highest BCUT2D eigenvalue weighted by atomic mass is 19.1. The van der Waals surface area contributed by atoms with Crippen LogP contribution < -0.4 is 0 Å². The van der Waals surface area contributed by atoms with Crippen LogP contribution >= 0.6 is 0 Å². The summed E-state index contributed by atoms with van der Waals surface area (Å²) in [6.07, 6.45) is 3.81. The molecule has 12 nitrogen and oxygen atoms in total. The summed E-state index contributed by atoms with van der Waals surface area (Å²) in [7, 11) is 0. The molecule has 4 aliphatic rings. The van der Waals surface area contributed by atoms with E-state index in [-0.39, 0.29) is 46.2 Å². The summed E-state index contributed by atoms with van der Waals surface area (Å²) in [5.74, 6) is -5.02.